The van der Waals surface area contributed by atoms with Crippen molar-refractivity contribution < 1.29 is 22.8 Å². The summed E-state index contributed by atoms with van der Waals surface area (Å²) in [6.45, 7) is 0. The zero-order chi connectivity index (χ0) is 16.9. The Morgan fingerprint density at radius 3 is 1.87 bits per heavy atom. The first-order valence-electron chi connectivity index (χ1n) is 6.26. The molecule has 0 saturated carbocycles. The second-order valence-electron chi connectivity index (χ2n) is 4.74. The normalized spacial score (nSPS) is 14.4. The van der Waals surface area contributed by atoms with E-state index >= 15 is 0 Å². The average Bonchev–Trinajstić information content (AvgIpc) is 2.71. The van der Waals surface area contributed by atoms with Crippen molar-refractivity contribution in [3.05, 3.63) is 63.1 Å². The highest BCUT2D eigenvalue weighted by atomic mass is 35.5. The van der Waals surface area contributed by atoms with E-state index in [0.717, 1.165) is 12.1 Å². The topological polar surface area (TPSA) is 37.4 Å². The third-order valence-corrected chi connectivity index (χ3v) is 4.09. The van der Waals surface area contributed by atoms with Crippen LogP contribution < -0.4 is 4.90 Å². The van der Waals surface area contributed by atoms with Crippen molar-refractivity contribution in [1.29, 1.82) is 0 Å². The Labute approximate surface area is 138 Å². The van der Waals surface area contributed by atoms with Crippen LogP contribution in [-0.4, -0.2) is 11.8 Å². The lowest BCUT2D eigenvalue weighted by atomic mass is 10.1. The van der Waals surface area contributed by atoms with E-state index in [-0.39, 0.29) is 16.8 Å². The molecule has 0 N–H and O–H groups in total. The molecule has 0 fully saturated rings. The summed E-state index contributed by atoms with van der Waals surface area (Å²) in [4.78, 5) is 25.3. The fourth-order valence-corrected chi connectivity index (χ4v) is 3.05. The van der Waals surface area contributed by atoms with Gasteiger partial charge in [-0.1, -0.05) is 35.3 Å². The third kappa shape index (κ3) is 2.38. The molecule has 0 aliphatic carbocycles. The minimum absolute atomic E-state index is 0.108. The van der Waals surface area contributed by atoms with Crippen LogP contribution in [-0.2, 0) is 6.18 Å². The van der Waals surface area contributed by atoms with Crippen molar-refractivity contribution >= 4 is 40.7 Å². The van der Waals surface area contributed by atoms with Crippen LogP contribution in [0.3, 0.4) is 0 Å². The molecule has 0 atom stereocenters. The first kappa shape index (κ1) is 15.8. The summed E-state index contributed by atoms with van der Waals surface area (Å²) in [6.07, 6.45) is -4.82. The van der Waals surface area contributed by atoms with Gasteiger partial charge < -0.3 is 0 Å². The maximum absolute atomic E-state index is 13.1. The summed E-state index contributed by atoms with van der Waals surface area (Å²) in [5.74, 6) is -1.47. The van der Waals surface area contributed by atoms with Gasteiger partial charge in [-0.05, 0) is 24.3 Å². The van der Waals surface area contributed by atoms with Gasteiger partial charge in [0.25, 0.3) is 11.8 Å². The van der Waals surface area contributed by atoms with E-state index < -0.39 is 33.6 Å². The molecule has 0 unspecified atom stereocenters. The zero-order valence-electron chi connectivity index (χ0n) is 11.1. The molecule has 1 aliphatic heterocycles. The molecule has 1 heterocycles. The van der Waals surface area contributed by atoms with Gasteiger partial charge >= 0.3 is 6.18 Å². The first-order chi connectivity index (χ1) is 10.7. The number of alkyl halides is 3. The molecule has 8 heteroatoms. The standard InChI is InChI=1S/C15H6Cl2F3NO2/c16-9-5-6-10(12(17)11(9)15(18,19)20)21-13(22)7-3-1-2-4-8(7)14(21)23/h1-6H. The number of imide groups is 1. The lowest BCUT2D eigenvalue weighted by Crippen LogP contribution is -2.30. The van der Waals surface area contributed by atoms with Gasteiger partial charge in [0.05, 0.1) is 32.4 Å². The highest BCUT2D eigenvalue weighted by molar-refractivity contribution is 6.42. The summed E-state index contributed by atoms with van der Waals surface area (Å²) in [6, 6.07) is 8.01. The molecule has 0 radical (unpaired) electrons. The maximum atomic E-state index is 13.1. The fraction of sp³-hybridized carbons (Fsp3) is 0.0667. The van der Waals surface area contributed by atoms with Gasteiger partial charge in [0.1, 0.15) is 0 Å². The van der Waals surface area contributed by atoms with Crippen LogP contribution in [0.1, 0.15) is 26.3 Å². The SMILES string of the molecule is O=C1c2ccccc2C(=O)N1c1ccc(Cl)c(C(F)(F)F)c1Cl. The molecular formula is C15H6Cl2F3NO2. The summed E-state index contributed by atoms with van der Waals surface area (Å²) in [5, 5.41) is -1.40. The number of benzene rings is 2. The Balaban J connectivity index is 2.19. The number of amides is 2. The number of carbonyl (C=O) groups is 2. The van der Waals surface area contributed by atoms with Crippen molar-refractivity contribution in [3.63, 3.8) is 0 Å². The van der Waals surface area contributed by atoms with E-state index in [1.54, 1.807) is 12.1 Å². The lowest BCUT2D eigenvalue weighted by molar-refractivity contribution is -0.137. The highest BCUT2D eigenvalue weighted by Crippen LogP contribution is 2.45. The van der Waals surface area contributed by atoms with Crippen molar-refractivity contribution in [3.8, 4) is 0 Å². The van der Waals surface area contributed by atoms with Gasteiger partial charge in [-0.15, -0.1) is 0 Å². The Hall–Kier alpha value is -2.05. The van der Waals surface area contributed by atoms with Gasteiger partial charge in [-0.25, -0.2) is 4.90 Å². The molecule has 118 valence electrons. The van der Waals surface area contributed by atoms with Crippen molar-refractivity contribution in [2.45, 2.75) is 6.18 Å². The average molecular weight is 360 g/mol. The van der Waals surface area contributed by atoms with Gasteiger partial charge in [-0.2, -0.15) is 13.2 Å². The molecule has 0 bridgehead atoms. The van der Waals surface area contributed by atoms with Crippen LogP contribution in [0.5, 0.6) is 0 Å². The van der Waals surface area contributed by atoms with Crippen molar-refractivity contribution in [2.24, 2.45) is 0 Å². The van der Waals surface area contributed by atoms with Crippen LogP contribution in [0, 0.1) is 0 Å². The van der Waals surface area contributed by atoms with E-state index in [1.165, 1.54) is 12.1 Å². The maximum Gasteiger partial charge on any atom is 0.419 e. The predicted octanol–water partition coefficient (Wildman–Crippen LogP) is 4.81. The molecule has 1 aliphatic rings. The monoisotopic (exact) mass is 359 g/mol. The Bertz CT molecular complexity index is 814. The molecule has 0 spiro atoms. The van der Waals surface area contributed by atoms with E-state index in [4.69, 9.17) is 23.2 Å². The number of anilines is 1. The number of carbonyl (C=O) groups excluding carboxylic acids is 2. The second-order valence-corrected chi connectivity index (χ2v) is 5.53. The quantitative estimate of drug-likeness (QED) is 0.685. The molecule has 2 aromatic rings. The van der Waals surface area contributed by atoms with Crippen molar-refractivity contribution in [2.75, 3.05) is 4.90 Å². The molecule has 2 amide bonds. The number of halogens is 5. The minimum atomic E-state index is -4.82. The van der Waals surface area contributed by atoms with Crippen LogP contribution in [0.2, 0.25) is 10.0 Å². The first-order valence-corrected chi connectivity index (χ1v) is 7.02. The number of rotatable bonds is 1. The zero-order valence-corrected chi connectivity index (χ0v) is 12.6. The summed E-state index contributed by atoms with van der Waals surface area (Å²) in [5.41, 5.74) is -1.42. The predicted molar refractivity (Wildman–Crippen MR) is 79.0 cm³/mol. The molecule has 3 nitrogen and oxygen atoms in total. The van der Waals surface area contributed by atoms with Crippen molar-refractivity contribution in [1.82, 2.24) is 0 Å². The molecule has 23 heavy (non-hydrogen) atoms. The van der Waals surface area contributed by atoms with E-state index in [1.807, 2.05) is 0 Å². The fourth-order valence-electron chi connectivity index (χ4n) is 2.38. The Kier molecular flexibility index (Phi) is 3.61. The van der Waals surface area contributed by atoms with E-state index in [9.17, 15) is 22.8 Å². The van der Waals surface area contributed by atoms with Crippen LogP contribution >= 0.6 is 23.2 Å². The molecule has 0 aromatic heterocycles. The van der Waals surface area contributed by atoms with Crippen LogP contribution in [0.4, 0.5) is 18.9 Å². The summed E-state index contributed by atoms with van der Waals surface area (Å²) >= 11 is 11.4. The molecule has 3 rings (SSSR count). The van der Waals surface area contributed by atoms with Gasteiger partial charge in [-0.3, -0.25) is 9.59 Å². The number of hydrogen-bond donors (Lipinski definition) is 0. The van der Waals surface area contributed by atoms with Crippen LogP contribution in [0.25, 0.3) is 0 Å². The largest absolute Gasteiger partial charge is 0.419 e. The minimum Gasteiger partial charge on any atom is -0.268 e. The van der Waals surface area contributed by atoms with Gasteiger partial charge in [0.2, 0.25) is 0 Å². The molecule has 0 saturated heterocycles. The van der Waals surface area contributed by atoms with Gasteiger partial charge in [0.15, 0.2) is 0 Å². The number of hydrogen-bond acceptors (Lipinski definition) is 2. The van der Waals surface area contributed by atoms with E-state index in [0.29, 0.717) is 4.90 Å². The molecular weight excluding hydrogens is 354 g/mol. The summed E-state index contributed by atoms with van der Waals surface area (Å²) in [7, 11) is 0. The second kappa shape index (κ2) is 5.25. The molecule has 2 aromatic carbocycles. The van der Waals surface area contributed by atoms with E-state index in [2.05, 4.69) is 0 Å². The number of nitrogens with zero attached hydrogens (tertiary/aromatic N) is 1. The summed E-state index contributed by atoms with van der Waals surface area (Å²) < 4.78 is 39.2. The Morgan fingerprint density at radius 2 is 1.39 bits per heavy atom. The Morgan fingerprint density at radius 1 is 0.870 bits per heavy atom. The van der Waals surface area contributed by atoms with Crippen LogP contribution in [0.15, 0.2) is 36.4 Å². The number of fused-ring (bicyclic) bond motifs is 1. The van der Waals surface area contributed by atoms with Gasteiger partial charge in [0, 0.05) is 0 Å². The highest BCUT2D eigenvalue weighted by Gasteiger charge is 2.41. The lowest BCUT2D eigenvalue weighted by Gasteiger charge is -2.19. The smallest absolute Gasteiger partial charge is 0.268 e. The third-order valence-electron chi connectivity index (χ3n) is 3.39.